The molecule has 0 aliphatic carbocycles. The molecule has 2 unspecified atom stereocenters. The first kappa shape index (κ1) is 25.9. The van der Waals surface area contributed by atoms with Crippen molar-refractivity contribution in [1.82, 2.24) is 5.32 Å². The number of hydrogen-bond acceptors (Lipinski definition) is 9. The maximum atomic E-state index is 12.3. The van der Waals surface area contributed by atoms with Gasteiger partial charge < -0.3 is 14.9 Å². The number of phosphoric ester groups is 1. The predicted molar refractivity (Wildman–Crippen MR) is 106 cm³/mol. The molecule has 0 fully saturated rings. The second-order valence-electron chi connectivity index (χ2n) is 6.04. The third-order valence-electron chi connectivity index (χ3n) is 3.74. The molecule has 0 radical (unpaired) electrons. The van der Waals surface area contributed by atoms with Crippen LogP contribution in [0.3, 0.4) is 0 Å². The van der Waals surface area contributed by atoms with Crippen molar-refractivity contribution in [2.75, 3.05) is 13.2 Å². The summed E-state index contributed by atoms with van der Waals surface area (Å²) in [5.74, 6) is -1.63. The van der Waals surface area contributed by atoms with Crippen molar-refractivity contribution in [1.29, 1.82) is 5.26 Å². The van der Waals surface area contributed by atoms with E-state index in [2.05, 4.69) is 16.6 Å². The highest BCUT2D eigenvalue weighted by atomic mass is 31.2. The molecule has 0 saturated carbocycles. The van der Waals surface area contributed by atoms with Gasteiger partial charge in [-0.3, -0.25) is 24.0 Å². The van der Waals surface area contributed by atoms with Crippen molar-refractivity contribution >= 4 is 25.4 Å². The van der Waals surface area contributed by atoms with Gasteiger partial charge in [-0.05, 0) is 19.4 Å². The molecule has 13 heteroatoms. The number of nitro benzene ring substituents is 1. The molecular weight excluding hydrogens is 433 g/mol. The molecule has 0 spiro atoms. The average Bonchev–Trinajstić information content (AvgIpc) is 2.72. The first-order valence-corrected chi connectivity index (χ1v) is 10.4. The van der Waals surface area contributed by atoms with E-state index in [9.17, 15) is 29.2 Å². The van der Waals surface area contributed by atoms with Gasteiger partial charge in [0, 0.05) is 12.5 Å². The van der Waals surface area contributed by atoms with E-state index in [1.54, 1.807) is 6.07 Å². The second kappa shape index (κ2) is 12.6. The number of carbonyl (C=O) groups is 2. The van der Waals surface area contributed by atoms with Crippen LogP contribution in [0.25, 0.3) is 0 Å². The molecule has 1 aromatic carbocycles. The molecular formula is C18H22N3O9P. The number of rotatable bonds is 13. The molecule has 0 bridgehead atoms. The van der Waals surface area contributed by atoms with E-state index >= 15 is 0 Å². The highest BCUT2D eigenvalue weighted by Crippen LogP contribution is 2.48. The zero-order valence-corrected chi connectivity index (χ0v) is 17.5. The van der Waals surface area contributed by atoms with Crippen LogP contribution < -0.4 is 5.32 Å². The highest BCUT2D eigenvalue weighted by Gasteiger charge is 2.32. The van der Waals surface area contributed by atoms with Crippen LogP contribution in [-0.2, 0) is 27.9 Å². The number of ether oxygens (including phenoxy) is 1. The Morgan fingerprint density at radius 1 is 1.45 bits per heavy atom. The van der Waals surface area contributed by atoms with Gasteiger partial charge in [-0.15, -0.1) is 6.58 Å². The fraction of sp³-hybridized carbons (Fsp3) is 0.389. The number of nitro groups is 1. The number of carbonyl (C=O) groups excluding carboxylic acids is 2. The smallest absolute Gasteiger partial charge is 0.449 e. The fourth-order valence-electron chi connectivity index (χ4n) is 2.33. The molecule has 31 heavy (non-hydrogen) atoms. The summed E-state index contributed by atoms with van der Waals surface area (Å²) in [6.45, 7) is 3.37. The van der Waals surface area contributed by atoms with Crippen LogP contribution in [-0.4, -0.2) is 40.9 Å². The minimum absolute atomic E-state index is 0.00642. The van der Waals surface area contributed by atoms with Gasteiger partial charge in [-0.1, -0.05) is 18.2 Å². The summed E-state index contributed by atoms with van der Waals surface area (Å²) in [5.41, 5.74) is -0.282. The van der Waals surface area contributed by atoms with Crippen LogP contribution in [0.5, 0.6) is 0 Å². The van der Waals surface area contributed by atoms with E-state index in [4.69, 9.17) is 14.3 Å². The van der Waals surface area contributed by atoms with Crippen molar-refractivity contribution in [2.24, 2.45) is 0 Å². The zero-order chi connectivity index (χ0) is 23.4. The molecule has 1 aromatic rings. The lowest BCUT2D eigenvalue weighted by molar-refractivity contribution is -0.386. The van der Waals surface area contributed by atoms with Crippen molar-refractivity contribution in [3.63, 3.8) is 0 Å². The number of nitrogens with one attached hydrogen (secondary N) is 1. The van der Waals surface area contributed by atoms with Gasteiger partial charge >= 0.3 is 13.8 Å². The number of allylic oxidation sites excluding steroid dienone is 1. The Bertz CT molecular complexity index is 900. The average molecular weight is 455 g/mol. The lowest BCUT2D eigenvalue weighted by Crippen LogP contribution is -2.44. The predicted octanol–water partition coefficient (Wildman–Crippen LogP) is 2.31. The lowest BCUT2D eigenvalue weighted by Gasteiger charge is -2.21. The Hall–Kier alpha value is -3.10. The molecule has 1 amide bonds. The Morgan fingerprint density at radius 2 is 2.13 bits per heavy atom. The molecule has 0 heterocycles. The van der Waals surface area contributed by atoms with E-state index in [1.165, 1.54) is 37.3 Å². The Kier molecular flexibility index (Phi) is 10.5. The standard InChI is InChI=1S/C18H22N3O9P/c1-3-4-9-17(22)20-15(18(23)28-11-10-19)12-29-31(26,27)30-13(2)14-7-5-6-8-16(14)21(24)25/h3,5-8,13,15H,1,4,9,11-12H2,2H3,(H,20,22)(H,26,27)/t13?,15-/m0/s1. The SMILES string of the molecule is C=CCCC(=O)N[C@@H](COP(=O)(O)OC(C)c1ccccc1[N+](=O)[O-])C(=O)OCC#N. The minimum Gasteiger partial charge on any atom is -0.449 e. The number of para-hydroxylation sites is 1. The van der Waals surface area contributed by atoms with Gasteiger partial charge in [0.1, 0.15) is 6.07 Å². The van der Waals surface area contributed by atoms with Gasteiger partial charge in [-0.2, -0.15) is 5.26 Å². The number of nitriles is 1. The summed E-state index contributed by atoms with van der Waals surface area (Å²) < 4.78 is 26.6. The summed E-state index contributed by atoms with van der Waals surface area (Å²) in [7, 11) is -4.81. The normalized spacial score (nSPS) is 14.4. The van der Waals surface area contributed by atoms with E-state index in [0.717, 1.165) is 0 Å². The molecule has 1 rings (SSSR count). The van der Waals surface area contributed by atoms with Crippen molar-refractivity contribution in [3.8, 4) is 6.07 Å². The van der Waals surface area contributed by atoms with E-state index in [-0.39, 0.29) is 17.7 Å². The van der Waals surface area contributed by atoms with Gasteiger partial charge in [0.25, 0.3) is 5.69 Å². The maximum Gasteiger partial charge on any atom is 0.472 e. The third kappa shape index (κ3) is 9.06. The zero-order valence-electron chi connectivity index (χ0n) is 16.6. The Morgan fingerprint density at radius 3 is 2.74 bits per heavy atom. The van der Waals surface area contributed by atoms with Crippen molar-refractivity contribution < 1.29 is 37.8 Å². The van der Waals surface area contributed by atoms with Crippen LogP contribution in [0.15, 0.2) is 36.9 Å². The van der Waals surface area contributed by atoms with Gasteiger partial charge in [-0.25, -0.2) is 9.36 Å². The van der Waals surface area contributed by atoms with Crippen molar-refractivity contribution in [2.45, 2.75) is 31.9 Å². The summed E-state index contributed by atoms with van der Waals surface area (Å²) in [6, 6.07) is 5.57. The quantitative estimate of drug-likeness (QED) is 0.147. The van der Waals surface area contributed by atoms with Crippen LogP contribution in [0, 0.1) is 21.4 Å². The topological polar surface area (TPSA) is 178 Å². The summed E-state index contributed by atoms with van der Waals surface area (Å²) in [5, 5.41) is 21.9. The van der Waals surface area contributed by atoms with Crippen LogP contribution in [0.1, 0.15) is 31.4 Å². The second-order valence-corrected chi connectivity index (χ2v) is 7.45. The molecule has 168 valence electrons. The summed E-state index contributed by atoms with van der Waals surface area (Å²) in [6.07, 6.45) is 0.595. The monoisotopic (exact) mass is 455 g/mol. The fourth-order valence-corrected chi connectivity index (χ4v) is 3.24. The first-order chi connectivity index (χ1) is 14.6. The van der Waals surface area contributed by atoms with E-state index < -0.39 is 50.0 Å². The highest BCUT2D eigenvalue weighted by molar-refractivity contribution is 7.47. The third-order valence-corrected chi connectivity index (χ3v) is 4.80. The maximum absolute atomic E-state index is 12.3. The molecule has 0 aliphatic rings. The molecule has 12 nitrogen and oxygen atoms in total. The summed E-state index contributed by atoms with van der Waals surface area (Å²) >= 11 is 0. The van der Waals surface area contributed by atoms with Gasteiger partial charge in [0.2, 0.25) is 5.91 Å². The molecule has 3 atom stereocenters. The van der Waals surface area contributed by atoms with Crippen LogP contribution in [0.4, 0.5) is 5.69 Å². The lowest BCUT2D eigenvalue weighted by atomic mass is 10.1. The number of amides is 1. The number of hydrogen-bond donors (Lipinski definition) is 2. The minimum atomic E-state index is -4.81. The Balaban J connectivity index is 2.85. The Labute approximate surface area is 178 Å². The molecule has 0 aromatic heterocycles. The van der Waals surface area contributed by atoms with Crippen molar-refractivity contribution in [3.05, 3.63) is 52.6 Å². The largest absolute Gasteiger partial charge is 0.472 e. The van der Waals surface area contributed by atoms with E-state index in [1.807, 2.05) is 0 Å². The number of nitrogens with zero attached hydrogens (tertiary/aromatic N) is 2. The molecule has 0 saturated heterocycles. The van der Waals surface area contributed by atoms with E-state index in [0.29, 0.717) is 6.42 Å². The van der Waals surface area contributed by atoms with Gasteiger partial charge in [0.15, 0.2) is 12.6 Å². The number of phosphoric acid groups is 1. The number of esters is 1. The first-order valence-electron chi connectivity index (χ1n) is 8.94. The van der Waals surface area contributed by atoms with Crippen LogP contribution >= 0.6 is 7.82 Å². The molecule has 2 N–H and O–H groups in total. The van der Waals surface area contributed by atoms with Gasteiger partial charge in [0.05, 0.1) is 23.2 Å². The van der Waals surface area contributed by atoms with Crippen LogP contribution in [0.2, 0.25) is 0 Å². The number of benzene rings is 1. The summed E-state index contributed by atoms with van der Waals surface area (Å²) in [4.78, 5) is 44.3. The molecule has 0 aliphatic heterocycles.